The topological polar surface area (TPSA) is 70.8 Å². The van der Waals surface area contributed by atoms with Crippen LogP contribution in [0.1, 0.15) is 23.6 Å². The highest BCUT2D eigenvalue weighted by Gasteiger charge is 2.38. The van der Waals surface area contributed by atoms with Gasteiger partial charge in [-0.25, -0.2) is 5.01 Å². The highest BCUT2D eigenvalue weighted by molar-refractivity contribution is 6.01. The molecule has 2 atom stereocenters. The Morgan fingerprint density at radius 3 is 3.00 bits per heavy atom. The molecule has 8 nitrogen and oxygen atoms in total. The number of hydrogen-bond acceptors (Lipinski definition) is 7. The van der Waals surface area contributed by atoms with Crippen molar-refractivity contribution in [2.45, 2.75) is 25.7 Å². The van der Waals surface area contributed by atoms with Gasteiger partial charge in [0.2, 0.25) is 0 Å². The van der Waals surface area contributed by atoms with E-state index in [9.17, 15) is 0 Å². The first-order chi connectivity index (χ1) is 16.3. The van der Waals surface area contributed by atoms with Gasteiger partial charge in [0.05, 0.1) is 24.9 Å². The van der Waals surface area contributed by atoms with E-state index in [-0.39, 0.29) is 12.3 Å². The number of morpholine rings is 1. The van der Waals surface area contributed by atoms with Gasteiger partial charge in [0, 0.05) is 49.0 Å². The summed E-state index contributed by atoms with van der Waals surface area (Å²) in [5.74, 6) is 0.985. The van der Waals surface area contributed by atoms with Crippen molar-refractivity contribution in [1.29, 1.82) is 0 Å². The number of hydrogen-bond donors (Lipinski definition) is 1. The molecule has 1 saturated heterocycles. The molecule has 6 rings (SSSR count). The molecule has 5 heterocycles. The molecule has 1 aromatic carbocycles. The first kappa shape index (κ1) is 20.1. The summed E-state index contributed by atoms with van der Waals surface area (Å²) in [5.41, 5.74) is 5.65. The SMILES string of the molecule is Cc1cccc(-c2ccn(N3C=C4CCN=C4NC3N3CCOCC3c3cccnc3)n2)c1. The second-order valence-electron chi connectivity index (χ2n) is 8.64. The summed E-state index contributed by atoms with van der Waals surface area (Å²) in [5, 5.41) is 10.8. The lowest BCUT2D eigenvalue weighted by atomic mass is 10.1. The standard InChI is InChI=1S/C25H27N7O/c1-18-4-2-5-19(14-18)22-8-11-32(29-22)31-16-21-7-10-27-24(21)28-25(31)30-12-13-33-17-23(30)20-6-3-9-26-15-20/h2-6,8-9,11,14-16,23,25H,7,10,12-13,17H2,1H3,(H,27,28). The Hall–Kier alpha value is -3.49. The number of benzene rings is 1. The second-order valence-corrected chi connectivity index (χ2v) is 8.64. The van der Waals surface area contributed by atoms with Crippen molar-refractivity contribution in [3.8, 4) is 11.3 Å². The molecule has 2 aromatic heterocycles. The van der Waals surface area contributed by atoms with Crippen LogP contribution in [0.5, 0.6) is 0 Å². The van der Waals surface area contributed by atoms with E-state index in [1.165, 1.54) is 11.1 Å². The molecule has 3 aliphatic rings. The summed E-state index contributed by atoms with van der Waals surface area (Å²) in [7, 11) is 0. The zero-order valence-electron chi connectivity index (χ0n) is 18.6. The third-order valence-corrected chi connectivity index (χ3v) is 6.44. The maximum atomic E-state index is 5.87. The zero-order chi connectivity index (χ0) is 22.2. The molecule has 2 unspecified atom stereocenters. The van der Waals surface area contributed by atoms with Crippen molar-refractivity contribution < 1.29 is 4.74 Å². The van der Waals surface area contributed by atoms with E-state index in [1.807, 2.05) is 29.4 Å². The van der Waals surface area contributed by atoms with E-state index in [2.05, 4.69) is 69.7 Å². The fourth-order valence-electron chi connectivity index (χ4n) is 4.77. The Morgan fingerprint density at radius 2 is 2.12 bits per heavy atom. The molecular formula is C25H27N7O. The molecule has 1 fully saturated rings. The number of aliphatic imine (C=N–C) groups is 1. The smallest absolute Gasteiger partial charge is 0.179 e. The maximum Gasteiger partial charge on any atom is 0.179 e. The minimum atomic E-state index is -0.148. The maximum absolute atomic E-state index is 5.87. The van der Waals surface area contributed by atoms with Crippen LogP contribution in [0.3, 0.4) is 0 Å². The van der Waals surface area contributed by atoms with Gasteiger partial charge < -0.3 is 10.1 Å². The number of fused-ring (bicyclic) bond motifs is 1. The highest BCUT2D eigenvalue weighted by Crippen LogP contribution is 2.29. The van der Waals surface area contributed by atoms with Gasteiger partial charge in [-0.3, -0.25) is 14.9 Å². The third kappa shape index (κ3) is 3.81. The van der Waals surface area contributed by atoms with Crippen LogP contribution in [0, 0.1) is 6.92 Å². The van der Waals surface area contributed by atoms with E-state index in [4.69, 9.17) is 14.8 Å². The Labute approximate surface area is 193 Å². The number of aromatic nitrogens is 3. The number of pyridine rings is 1. The van der Waals surface area contributed by atoms with Crippen LogP contribution in [-0.2, 0) is 4.74 Å². The average Bonchev–Trinajstić information content (AvgIpc) is 3.53. The van der Waals surface area contributed by atoms with Crippen LogP contribution in [0.2, 0.25) is 0 Å². The number of rotatable bonds is 4. The molecule has 0 bridgehead atoms. The quantitative estimate of drug-likeness (QED) is 0.672. The lowest BCUT2D eigenvalue weighted by Gasteiger charge is -2.46. The van der Waals surface area contributed by atoms with Crippen molar-refractivity contribution in [2.75, 3.05) is 31.3 Å². The molecule has 0 amide bonds. The van der Waals surface area contributed by atoms with Crippen molar-refractivity contribution in [3.63, 3.8) is 0 Å². The molecule has 8 heteroatoms. The molecule has 33 heavy (non-hydrogen) atoms. The van der Waals surface area contributed by atoms with Crippen LogP contribution < -0.4 is 10.3 Å². The molecule has 1 N–H and O–H groups in total. The van der Waals surface area contributed by atoms with Crippen LogP contribution >= 0.6 is 0 Å². The minimum absolute atomic E-state index is 0.0798. The Kier molecular flexibility index (Phi) is 5.16. The lowest BCUT2D eigenvalue weighted by Crippen LogP contribution is -2.65. The Bertz CT molecular complexity index is 1200. The van der Waals surface area contributed by atoms with E-state index in [1.54, 1.807) is 0 Å². The van der Waals surface area contributed by atoms with Gasteiger partial charge in [-0.2, -0.15) is 9.89 Å². The van der Waals surface area contributed by atoms with Gasteiger partial charge >= 0.3 is 0 Å². The molecule has 0 spiro atoms. The summed E-state index contributed by atoms with van der Waals surface area (Å²) < 4.78 is 5.87. The van der Waals surface area contributed by atoms with Crippen LogP contribution in [-0.4, -0.2) is 58.2 Å². The Balaban J connectivity index is 1.38. The Morgan fingerprint density at radius 1 is 1.15 bits per heavy atom. The first-order valence-electron chi connectivity index (χ1n) is 11.4. The molecular weight excluding hydrogens is 414 g/mol. The van der Waals surface area contributed by atoms with Gasteiger partial charge in [-0.1, -0.05) is 29.8 Å². The molecule has 3 aromatic rings. The van der Waals surface area contributed by atoms with Gasteiger partial charge in [0.15, 0.2) is 6.29 Å². The van der Waals surface area contributed by atoms with E-state index in [0.717, 1.165) is 42.2 Å². The van der Waals surface area contributed by atoms with Gasteiger partial charge in [-0.15, -0.1) is 0 Å². The fourth-order valence-corrected chi connectivity index (χ4v) is 4.77. The van der Waals surface area contributed by atoms with Crippen LogP contribution in [0.4, 0.5) is 0 Å². The van der Waals surface area contributed by atoms with Crippen molar-refractivity contribution in [2.24, 2.45) is 4.99 Å². The zero-order valence-corrected chi connectivity index (χ0v) is 18.6. The van der Waals surface area contributed by atoms with Gasteiger partial charge in [0.25, 0.3) is 0 Å². The number of ether oxygens (including phenoxy) is 1. The van der Waals surface area contributed by atoms with Crippen molar-refractivity contribution >= 4 is 5.84 Å². The van der Waals surface area contributed by atoms with Gasteiger partial charge in [-0.05, 0) is 37.1 Å². The minimum Gasteiger partial charge on any atom is -0.378 e. The number of nitrogens with zero attached hydrogens (tertiary/aromatic N) is 6. The molecule has 0 aliphatic carbocycles. The predicted octanol–water partition coefficient (Wildman–Crippen LogP) is 2.84. The fraction of sp³-hybridized carbons (Fsp3) is 0.320. The molecule has 0 radical (unpaired) electrons. The molecule has 0 saturated carbocycles. The molecule has 168 valence electrons. The molecule has 3 aliphatic heterocycles. The van der Waals surface area contributed by atoms with E-state index >= 15 is 0 Å². The van der Waals surface area contributed by atoms with Crippen LogP contribution in [0.15, 0.2) is 77.8 Å². The number of amidine groups is 1. The highest BCUT2D eigenvalue weighted by atomic mass is 16.5. The normalized spacial score (nSPS) is 23.0. The van der Waals surface area contributed by atoms with E-state index < -0.39 is 0 Å². The summed E-state index contributed by atoms with van der Waals surface area (Å²) in [6, 6.07) is 14.7. The monoisotopic (exact) mass is 441 g/mol. The summed E-state index contributed by atoms with van der Waals surface area (Å²) >= 11 is 0. The summed E-state index contributed by atoms with van der Waals surface area (Å²) in [6.07, 6.45) is 8.74. The van der Waals surface area contributed by atoms with Crippen molar-refractivity contribution in [3.05, 3.63) is 84.0 Å². The number of aryl methyl sites for hydroxylation is 1. The van der Waals surface area contributed by atoms with E-state index in [0.29, 0.717) is 13.2 Å². The van der Waals surface area contributed by atoms with Gasteiger partial charge in [0.1, 0.15) is 5.84 Å². The predicted molar refractivity (Wildman–Crippen MR) is 127 cm³/mol. The number of nitrogens with one attached hydrogen (secondary N) is 1. The second kappa shape index (κ2) is 8.46. The summed E-state index contributed by atoms with van der Waals surface area (Å²) in [6.45, 7) is 5.01. The van der Waals surface area contributed by atoms with Crippen molar-refractivity contribution in [1.82, 2.24) is 25.1 Å². The third-order valence-electron chi connectivity index (χ3n) is 6.44. The lowest BCUT2D eigenvalue weighted by molar-refractivity contribution is -0.0375. The van der Waals surface area contributed by atoms with Crippen LogP contribution in [0.25, 0.3) is 11.3 Å². The average molecular weight is 442 g/mol. The first-order valence-corrected chi connectivity index (χ1v) is 11.4. The largest absolute Gasteiger partial charge is 0.378 e. The summed E-state index contributed by atoms with van der Waals surface area (Å²) in [4.78, 5) is 13.4.